The zero-order valence-electron chi connectivity index (χ0n) is 19.6. The molecule has 2 aromatic heterocycles. The Morgan fingerprint density at radius 3 is 2.57 bits per heavy atom. The third-order valence-corrected chi connectivity index (χ3v) is 7.41. The molecule has 0 saturated carbocycles. The highest BCUT2D eigenvalue weighted by Gasteiger charge is 2.61. The van der Waals surface area contributed by atoms with Crippen LogP contribution in [0.15, 0.2) is 54.6 Å². The van der Waals surface area contributed by atoms with Crippen molar-refractivity contribution in [3.63, 3.8) is 0 Å². The van der Waals surface area contributed by atoms with E-state index in [2.05, 4.69) is 11.1 Å². The average Bonchev–Trinajstić information content (AvgIpc) is 3.43. The zero-order chi connectivity index (χ0) is 24.4. The lowest BCUT2D eigenvalue weighted by atomic mass is 9.78. The van der Waals surface area contributed by atoms with Crippen molar-refractivity contribution in [1.82, 2.24) is 9.55 Å². The minimum absolute atomic E-state index is 0.0299. The molecule has 2 aromatic carbocycles. The maximum absolute atomic E-state index is 11.5. The molecule has 2 N–H and O–H groups in total. The fourth-order valence-corrected chi connectivity index (χ4v) is 5.83. The smallest absolute Gasteiger partial charge is 0.213 e. The second-order valence-electron chi connectivity index (χ2n) is 9.57. The largest absolute Gasteiger partial charge is 0.494 e. The maximum atomic E-state index is 11.5. The van der Waals surface area contributed by atoms with Gasteiger partial charge in [-0.2, -0.15) is 5.26 Å². The molecule has 0 amide bonds. The van der Waals surface area contributed by atoms with Crippen molar-refractivity contribution in [2.24, 2.45) is 0 Å². The molecule has 7 heteroatoms. The monoisotopic (exact) mass is 467 g/mol. The van der Waals surface area contributed by atoms with Gasteiger partial charge in [0.1, 0.15) is 5.60 Å². The molecule has 0 aliphatic carbocycles. The summed E-state index contributed by atoms with van der Waals surface area (Å²) in [5, 5.41) is 34.0. The van der Waals surface area contributed by atoms with Crippen LogP contribution in [-0.2, 0) is 15.9 Å². The first kappa shape index (κ1) is 21.5. The number of aryl methyl sites for hydroxylation is 1. The molecular formula is C28H25N3O4. The minimum atomic E-state index is -0.761. The summed E-state index contributed by atoms with van der Waals surface area (Å²) in [6.45, 7) is 4.23. The van der Waals surface area contributed by atoms with E-state index in [-0.39, 0.29) is 11.8 Å². The molecule has 35 heavy (non-hydrogen) atoms. The van der Waals surface area contributed by atoms with Crippen LogP contribution in [0.2, 0.25) is 0 Å². The van der Waals surface area contributed by atoms with E-state index in [4.69, 9.17) is 9.47 Å². The Morgan fingerprint density at radius 1 is 1.03 bits per heavy atom. The van der Waals surface area contributed by atoms with Gasteiger partial charge in [0.2, 0.25) is 17.6 Å². The van der Waals surface area contributed by atoms with Gasteiger partial charge in [0.15, 0.2) is 0 Å². The first-order valence-corrected chi connectivity index (χ1v) is 11.7. The van der Waals surface area contributed by atoms with Gasteiger partial charge in [-0.05, 0) is 44.9 Å². The zero-order valence-corrected chi connectivity index (χ0v) is 19.6. The van der Waals surface area contributed by atoms with E-state index in [0.29, 0.717) is 47.7 Å². The van der Waals surface area contributed by atoms with Crippen LogP contribution in [0.5, 0.6) is 17.6 Å². The predicted octanol–water partition coefficient (Wildman–Crippen LogP) is 5.32. The van der Waals surface area contributed by atoms with Crippen LogP contribution in [0.4, 0.5) is 0 Å². The molecule has 2 aliphatic heterocycles. The van der Waals surface area contributed by atoms with Crippen LogP contribution in [0, 0.1) is 18.3 Å². The van der Waals surface area contributed by atoms with E-state index in [1.54, 1.807) is 12.1 Å². The van der Waals surface area contributed by atoms with Crippen molar-refractivity contribution >= 4 is 10.8 Å². The number of ether oxygens (including phenoxy) is 2. The van der Waals surface area contributed by atoms with Gasteiger partial charge >= 0.3 is 0 Å². The second kappa shape index (κ2) is 7.49. The summed E-state index contributed by atoms with van der Waals surface area (Å²) < 4.78 is 13.9. The van der Waals surface area contributed by atoms with Gasteiger partial charge in [-0.15, -0.1) is 0 Å². The summed E-state index contributed by atoms with van der Waals surface area (Å²) in [6, 6.07) is 18.8. The number of fused-ring (bicyclic) bond motifs is 6. The fourth-order valence-electron chi connectivity index (χ4n) is 5.83. The summed E-state index contributed by atoms with van der Waals surface area (Å²) in [4.78, 5) is 4.39. The minimum Gasteiger partial charge on any atom is -0.494 e. The Labute approximate surface area is 202 Å². The van der Waals surface area contributed by atoms with Crippen LogP contribution in [0.1, 0.15) is 48.6 Å². The number of pyridine rings is 1. The Bertz CT molecular complexity index is 1540. The summed E-state index contributed by atoms with van der Waals surface area (Å²) in [5.74, 6) is 0.483. The third kappa shape index (κ3) is 3.03. The van der Waals surface area contributed by atoms with Crippen molar-refractivity contribution in [3.05, 3.63) is 77.0 Å². The molecule has 2 bridgehead atoms. The molecule has 4 heterocycles. The summed E-state index contributed by atoms with van der Waals surface area (Å²) in [5.41, 5.74) is 1.82. The second-order valence-corrected chi connectivity index (χ2v) is 9.57. The van der Waals surface area contributed by atoms with E-state index in [9.17, 15) is 15.5 Å². The third-order valence-electron chi connectivity index (χ3n) is 7.41. The van der Waals surface area contributed by atoms with E-state index in [1.807, 2.05) is 56.3 Å². The number of aromatic nitrogens is 2. The summed E-state index contributed by atoms with van der Waals surface area (Å²) >= 11 is 0. The van der Waals surface area contributed by atoms with Crippen LogP contribution >= 0.6 is 0 Å². The van der Waals surface area contributed by atoms with Crippen LogP contribution in [0.25, 0.3) is 16.5 Å². The number of aromatic hydroxyl groups is 2. The molecule has 0 unspecified atom stereocenters. The Kier molecular flexibility index (Phi) is 4.60. The van der Waals surface area contributed by atoms with Gasteiger partial charge in [-0.25, -0.2) is 4.98 Å². The van der Waals surface area contributed by atoms with E-state index >= 15 is 0 Å². The number of nitrogens with zero attached hydrogens (tertiary/aromatic N) is 3. The van der Waals surface area contributed by atoms with Gasteiger partial charge in [-0.3, -0.25) is 4.57 Å². The molecule has 0 spiro atoms. The van der Waals surface area contributed by atoms with E-state index in [1.165, 1.54) is 4.57 Å². The SMILES string of the molecule is Cc1cccc(OCC[C@]23CC[C@](C)(O2)c2c3c(O)n(-c3ccc(C#N)c4ccccc34)c2O)n1. The van der Waals surface area contributed by atoms with Gasteiger partial charge < -0.3 is 19.7 Å². The topological polar surface area (TPSA) is 101 Å². The first-order chi connectivity index (χ1) is 16.9. The number of benzene rings is 2. The Morgan fingerprint density at radius 2 is 1.80 bits per heavy atom. The molecule has 0 radical (unpaired) electrons. The Hall–Kier alpha value is -4.02. The van der Waals surface area contributed by atoms with Crippen LogP contribution in [-0.4, -0.2) is 26.4 Å². The first-order valence-electron chi connectivity index (χ1n) is 11.7. The fraction of sp³-hybridized carbons (Fsp3) is 0.286. The lowest BCUT2D eigenvalue weighted by molar-refractivity contribution is -0.0877. The molecule has 4 aromatic rings. The van der Waals surface area contributed by atoms with Gasteiger partial charge in [0.25, 0.3) is 0 Å². The number of rotatable bonds is 5. The van der Waals surface area contributed by atoms with Crippen molar-refractivity contribution in [1.29, 1.82) is 5.26 Å². The number of hydrogen-bond donors (Lipinski definition) is 2. The van der Waals surface area contributed by atoms with Gasteiger partial charge in [0, 0.05) is 29.0 Å². The molecule has 2 aliphatic rings. The van der Waals surface area contributed by atoms with Crippen molar-refractivity contribution in [3.8, 4) is 29.4 Å². The number of nitriles is 1. The van der Waals surface area contributed by atoms with Crippen molar-refractivity contribution in [2.45, 2.75) is 44.3 Å². The normalized spacial score (nSPS) is 22.3. The quantitative estimate of drug-likeness (QED) is 0.412. The van der Waals surface area contributed by atoms with Crippen molar-refractivity contribution in [2.75, 3.05) is 6.61 Å². The summed E-state index contributed by atoms with van der Waals surface area (Å²) in [6.07, 6.45) is 1.95. The highest BCUT2D eigenvalue weighted by Crippen LogP contribution is 2.65. The molecule has 1 fully saturated rings. The van der Waals surface area contributed by atoms with Gasteiger partial charge in [-0.1, -0.05) is 30.3 Å². The molecule has 6 rings (SSSR count). The van der Waals surface area contributed by atoms with E-state index < -0.39 is 11.2 Å². The van der Waals surface area contributed by atoms with E-state index in [0.717, 1.165) is 22.9 Å². The lowest BCUT2D eigenvalue weighted by Gasteiger charge is -2.26. The molecule has 2 atom stereocenters. The Balaban J connectivity index is 1.44. The molecule has 1 saturated heterocycles. The molecule has 176 valence electrons. The van der Waals surface area contributed by atoms with Crippen LogP contribution in [0.3, 0.4) is 0 Å². The summed E-state index contributed by atoms with van der Waals surface area (Å²) in [7, 11) is 0. The average molecular weight is 468 g/mol. The predicted molar refractivity (Wildman–Crippen MR) is 130 cm³/mol. The lowest BCUT2D eigenvalue weighted by Crippen LogP contribution is -2.25. The van der Waals surface area contributed by atoms with Gasteiger partial charge in [0.05, 0.1) is 40.7 Å². The highest BCUT2D eigenvalue weighted by atomic mass is 16.5. The molecule has 7 nitrogen and oxygen atoms in total. The van der Waals surface area contributed by atoms with Crippen molar-refractivity contribution < 1.29 is 19.7 Å². The molecular weight excluding hydrogens is 442 g/mol. The van der Waals surface area contributed by atoms with Crippen LogP contribution < -0.4 is 4.74 Å². The maximum Gasteiger partial charge on any atom is 0.213 e. The highest BCUT2D eigenvalue weighted by molar-refractivity contribution is 5.95. The number of hydrogen-bond acceptors (Lipinski definition) is 6. The standard InChI is InChI=1S/C28H25N3O4/c1-17-6-5-9-22(30-17)34-15-14-28-13-12-27(2,35-28)23-24(28)26(33)31(25(23)32)21-11-10-18(16-29)19-7-3-4-8-20(19)21/h3-11,32-33H,12-15H2,1-2H3/t27-,28-/m0/s1.